The molecular formula is C13H18FN3O. The Bertz CT molecular complexity index is 526. The topological polar surface area (TPSA) is 60.9 Å². The summed E-state index contributed by atoms with van der Waals surface area (Å²) in [5.74, 6) is 0.269. The van der Waals surface area contributed by atoms with Crippen molar-refractivity contribution >= 4 is 17.0 Å². The van der Waals surface area contributed by atoms with Crippen molar-refractivity contribution in [3.8, 4) is 0 Å². The van der Waals surface area contributed by atoms with Crippen LogP contribution in [0.15, 0.2) is 18.2 Å². The molecule has 1 heterocycles. The summed E-state index contributed by atoms with van der Waals surface area (Å²) in [5.41, 5.74) is 0.973. The predicted molar refractivity (Wildman–Crippen MR) is 70.1 cm³/mol. The molecule has 2 aromatic rings. The second-order valence-electron chi connectivity index (χ2n) is 4.52. The summed E-state index contributed by atoms with van der Waals surface area (Å²) in [4.78, 5) is 7.36. The monoisotopic (exact) mass is 251 g/mol. The third-order valence-electron chi connectivity index (χ3n) is 3.48. The Morgan fingerprint density at radius 2 is 2.11 bits per heavy atom. The Hall–Kier alpha value is -1.62. The van der Waals surface area contributed by atoms with Crippen LogP contribution < -0.4 is 5.32 Å². The van der Waals surface area contributed by atoms with Crippen LogP contribution in [0.1, 0.15) is 26.7 Å². The van der Waals surface area contributed by atoms with Crippen LogP contribution >= 0.6 is 0 Å². The summed E-state index contributed by atoms with van der Waals surface area (Å²) in [6, 6.07) is 4.42. The van der Waals surface area contributed by atoms with E-state index in [9.17, 15) is 9.50 Å². The first kappa shape index (κ1) is 12.8. The van der Waals surface area contributed by atoms with Crippen LogP contribution in [0.3, 0.4) is 0 Å². The maximum Gasteiger partial charge on any atom is 0.201 e. The fourth-order valence-electron chi connectivity index (χ4n) is 1.98. The highest BCUT2D eigenvalue weighted by atomic mass is 19.1. The van der Waals surface area contributed by atoms with Crippen molar-refractivity contribution in [1.29, 1.82) is 0 Å². The van der Waals surface area contributed by atoms with Gasteiger partial charge in [-0.15, -0.1) is 0 Å². The standard InChI is InChI=1S/C13H18FN3O/c1-3-13(4-2,8-18)17-12-15-10-6-5-9(14)7-11(10)16-12/h5-7,18H,3-4,8H2,1-2H3,(H2,15,16,17). The van der Waals surface area contributed by atoms with Crippen molar-refractivity contribution in [1.82, 2.24) is 9.97 Å². The molecule has 0 bridgehead atoms. The number of aliphatic hydroxyl groups is 1. The molecule has 0 radical (unpaired) electrons. The summed E-state index contributed by atoms with van der Waals surface area (Å²) in [6.07, 6.45) is 1.57. The minimum absolute atomic E-state index is 0.0331. The summed E-state index contributed by atoms with van der Waals surface area (Å²) < 4.78 is 13.1. The van der Waals surface area contributed by atoms with Crippen LogP contribution in [0.25, 0.3) is 11.0 Å². The van der Waals surface area contributed by atoms with Crippen molar-refractivity contribution in [3.05, 3.63) is 24.0 Å². The van der Waals surface area contributed by atoms with Crippen molar-refractivity contribution in [2.45, 2.75) is 32.2 Å². The summed E-state index contributed by atoms with van der Waals surface area (Å²) >= 11 is 0. The quantitative estimate of drug-likeness (QED) is 0.765. The molecule has 0 atom stereocenters. The van der Waals surface area contributed by atoms with Gasteiger partial charge in [0, 0.05) is 0 Å². The highest BCUT2D eigenvalue weighted by molar-refractivity contribution is 5.77. The van der Waals surface area contributed by atoms with E-state index >= 15 is 0 Å². The number of aromatic amines is 1. The van der Waals surface area contributed by atoms with E-state index in [4.69, 9.17) is 0 Å². The number of anilines is 1. The second kappa shape index (κ2) is 4.94. The van der Waals surface area contributed by atoms with E-state index in [0.717, 1.165) is 12.8 Å². The highest BCUT2D eigenvalue weighted by Gasteiger charge is 2.25. The number of nitrogens with one attached hydrogen (secondary N) is 2. The number of rotatable bonds is 5. The van der Waals surface area contributed by atoms with Crippen molar-refractivity contribution in [3.63, 3.8) is 0 Å². The fourth-order valence-corrected chi connectivity index (χ4v) is 1.98. The lowest BCUT2D eigenvalue weighted by Crippen LogP contribution is -2.41. The number of H-pyrrole nitrogens is 1. The Kier molecular flexibility index (Phi) is 3.52. The largest absolute Gasteiger partial charge is 0.394 e. The van der Waals surface area contributed by atoms with E-state index in [1.807, 2.05) is 13.8 Å². The molecule has 0 unspecified atom stereocenters. The smallest absolute Gasteiger partial charge is 0.201 e. The number of hydrogen-bond acceptors (Lipinski definition) is 3. The summed E-state index contributed by atoms with van der Waals surface area (Å²) in [6.45, 7) is 4.05. The molecule has 4 nitrogen and oxygen atoms in total. The van der Waals surface area contributed by atoms with Gasteiger partial charge >= 0.3 is 0 Å². The molecule has 0 amide bonds. The number of halogens is 1. The Balaban J connectivity index is 2.31. The zero-order valence-electron chi connectivity index (χ0n) is 10.6. The van der Waals surface area contributed by atoms with Gasteiger partial charge in [-0.05, 0) is 31.0 Å². The van der Waals surface area contributed by atoms with Crippen molar-refractivity contribution in [2.24, 2.45) is 0 Å². The molecule has 98 valence electrons. The van der Waals surface area contributed by atoms with Crippen LogP contribution in [-0.4, -0.2) is 27.2 Å². The second-order valence-corrected chi connectivity index (χ2v) is 4.52. The number of benzene rings is 1. The van der Waals surface area contributed by atoms with Gasteiger partial charge in [-0.25, -0.2) is 9.37 Å². The molecule has 2 rings (SSSR count). The van der Waals surface area contributed by atoms with Crippen molar-refractivity contribution in [2.75, 3.05) is 11.9 Å². The lowest BCUT2D eigenvalue weighted by Gasteiger charge is -2.30. The fraction of sp³-hybridized carbons (Fsp3) is 0.462. The molecule has 1 aromatic heterocycles. The van der Waals surface area contributed by atoms with E-state index in [1.54, 1.807) is 6.07 Å². The average molecular weight is 251 g/mol. The lowest BCUT2D eigenvalue weighted by molar-refractivity contribution is 0.202. The summed E-state index contributed by atoms with van der Waals surface area (Å²) in [7, 11) is 0. The van der Waals surface area contributed by atoms with Crippen LogP contribution in [0, 0.1) is 5.82 Å². The SMILES string of the molecule is CCC(CC)(CO)Nc1nc2ccc(F)cc2[nH]1. The van der Waals surface area contributed by atoms with Crippen LogP contribution in [-0.2, 0) is 0 Å². The van der Waals surface area contributed by atoms with E-state index in [1.165, 1.54) is 12.1 Å². The zero-order chi connectivity index (χ0) is 13.2. The number of imidazole rings is 1. The normalized spacial score (nSPS) is 12.0. The molecule has 0 aliphatic heterocycles. The van der Waals surface area contributed by atoms with Crippen LogP contribution in [0.4, 0.5) is 10.3 Å². The Morgan fingerprint density at radius 3 is 2.72 bits per heavy atom. The minimum Gasteiger partial charge on any atom is -0.394 e. The molecule has 1 aromatic carbocycles. The predicted octanol–water partition coefficient (Wildman–Crippen LogP) is 2.67. The zero-order valence-corrected chi connectivity index (χ0v) is 10.6. The number of aliphatic hydroxyl groups excluding tert-OH is 1. The van der Waals surface area contributed by atoms with Crippen LogP contribution in [0.2, 0.25) is 0 Å². The molecule has 5 heteroatoms. The molecule has 18 heavy (non-hydrogen) atoms. The van der Waals surface area contributed by atoms with E-state index in [0.29, 0.717) is 17.0 Å². The first-order chi connectivity index (χ1) is 8.62. The first-order valence-electron chi connectivity index (χ1n) is 6.17. The minimum atomic E-state index is -0.383. The number of fused-ring (bicyclic) bond motifs is 1. The van der Waals surface area contributed by atoms with E-state index < -0.39 is 0 Å². The molecule has 0 fully saturated rings. The van der Waals surface area contributed by atoms with Gasteiger partial charge in [0.15, 0.2) is 0 Å². The molecule has 0 spiro atoms. The van der Waals surface area contributed by atoms with E-state index in [-0.39, 0.29) is 18.0 Å². The molecule has 3 N–H and O–H groups in total. The maximum absolute atomic E-state index is 13.1. The molecule has 0 aliphatic carbocycles. The average Bonchev–Trinajstić information content (AvgIpc) is 2.77. The van der Waals surface area contributed by atoms with Gasteiger partial charge in [0.25, 0.3) is 0 Å². The molecule has 0 saturated heterocycles. The molecular weight excluding hydrogens is 233 g/mol. The van der Waals surface area contributed by atoms with Crippen molar-refractivity contribution < 1.29 is 9.50 Å². The van der Waals surface area contributed by atoms with Gasteiger partial charge in [-0.2, -0.15) is 0 Å². The Morgan fingerprint density at radius 1 is 1.39 bits per heavy atom. The molecule has 0 aliphatic rings. The Labute approximate surface area is 105 Å². The first-order valence-corrected chi connectivity index (χ1v) is 6.17. The lowest BCUT2D eigenvalue weighted by atomic mass is 9.94. The third-order valence-corrected chi connectivity index (χ3v) is 3.48. The van der Waals surface area contributed by atoms with E-state index in [2.05, 4.69) is 15.3 Å². The van der Waals surface area contributed by atoms with Gasteiger partial charge in [-0.1, -0.05) is 13.8 Å². The van der Waals surface area contributed by atoms with Gasteiger partial charge in [0.2, 0.25) is 5.95 Å². The number of nitrogens with zero attached hydrogens (tertiary/aromatic N) is 1. The van der Waals surface area contributed by atoms with Gasteiger partial charge < -0.3 is 15.4 Å². The maximum atomic E-state index is 13.1. The van der Waals surface area contributed by atoms with Gasteiger partial charge in [-0.3, -0.25) is 0 Å². The van der Waals surface area contributed by atoms with Gasteiger partial charge in [0.05, 0.1) is 23.2 Å². The van der Waals surface area contributed by atoms with Gasteiger partial charge in [0.1, 0.15) is 5.82 Å². The third kappa shape index (κ3) is 2.31. The number of hydrogen-bond donors (Lipinski definition) is 3. The highest BCUT2D eigenvalue weighted by Crippen LogP contribution is 2.22. The summed E-state index contributed by atoms with van der Waals surface area (Å²) in [5, 5.41) is 12.7. The van der Waals surface area contributed by atoms with Crippen LogP contribution in [0.5, 0.6) is 0 Å². The number of aromatic nitrogens is 2. The molecule has 0 saturated carbocycles.